The van der Waals surface area contributed by atoms with Crippen LogP contribution >= 0.6 is 0 Å². The topological polar surface area (TPSA) is 39.2 Å². The highest BCUT2D eigenvalue weighted by atomic mass is 16.3. The zero-order valence-electron chi connectivity index (χ0n) is 12.7. The highest BCUT2D eigenvalue weighted by Crippen LogP contribution is 2.35. The molecule has 2 N–H and O–H groups in total. The summed E-state index contributed by atoms with van der Waals surface area (Å²) in [4.78, 5) is 0. The van der Waals surface area contributed by atoms with E-state index in [2.05, 4.69) is 52.8 Å². The van der Waals surface area contributed by atoms with Gasteiger partial charge in [0.2, 0.25) is 0 Å². The molecule has 1 aromatic heterocycles. The summed E-state index contributed by atoms with van der Waals surface area (Å²) >= 11 is 0. The van der Waals surface area contributed by atoms with Crippen LogP contribution < -0.4 is 5.73 Å². The summed E-state index contributed by atoms with van der Waals surface area (Å²) in [5, 5.41) is 1.24. The first-order valence-corrected chi connectivity index (χ1v) is 7.08. The quantitative estimate of drug-likeness (QED) is 0.888. The van der Waals surface area contributed by atoms with Crippen LogP contribution in [0.5, 0.6) is 0 Å². The average molecular weight is 259 g/mol. The molecule has 0 aliphatic rings. The van der Waals surface area contributed by atoms with Gasteiger partial charge in [0.05, 0.1) is 6.54 Å². The lowest BCUT2D eigenvalue weighted by Gasteiger charge is -2.19. The van der Waals surface area contributed by atoms with Gasteiger partial charge in [-0.2, -0.15) is 0 Å². The van der Waals surface area contributed by atoms with Crippen LogP contribution in [-0.4, -0.2) is 0 Å². The van der Waals surface area contributed by atoms with Gasteiger partial charge in [-0.1, -0.05) is 52.8 Å². The Kier molecular flexibility index (Phi) is 3.73. The molecule has 1 aromatic carbocycles. The second-order valence-electron chi connectivity index (χ2n) is 6.74. The molecule has 0 fully saturated rings. The van der Waals surface area contributed by atoms with E-state index in [9.17, 15) is 0 Å². The van der Waals surface area contributed by atoms with E-state index in [0.717, 1.165) is 17.8 Å². The zero-order chi connectivity index (χ0) is 14.2. The minimum Gasteiger partial charge on any atom is -0.459 e. The molecule has 2 nitrogen and oxygen atoms in total. The van der Waals surface area contributed by atoms with Crippen LogP contribution in [0.2, 0.25) is 0 Å². The molecule has 0 amide bonds. The molecule has 0 atom stereocenters. The van der Waals surface area contributed by atoms with Gasteiger partial charge in [0, 0.05) is 16.5 Å². The summed E-state index contributed by atoms with van der Waals surface area (Å²) in [5.41, 5.74) is 9.51. The van der Waals surface area contributed by atoms with Gasteiger partial charge < -0.3 is 10.2 Å². The normalized spacial score (nSPS) is 12.6. The molecule has 0 unspecified atom stereocenters. The fraction of sp³-hybridized carbons (Fsp3) is 0.529. The van der Waals surface area contributed by atoms with E-state index >= 15 is 0 Å². The van der Waals surface area contributed by atoms with Crippen molar-refractivity contribution in [2.75, 3.05) is 0 Å². The van der Waals surface area contributed by atoms with E-state index in [1.54, 1.807) is 0 Å². The number of hydrogen-bond acceptors (Lipinski definition) is 2. The van der Waals surface area contributed by atoms with Crippen LogP contribution in [0.15, 0.2) is 22.6 Å². The first-order valence-electron chi connectivity index (χ1n) is 7.08. The van der Waals surface area contributed by atoms with Crippen molar-refractivity contribution in [3.05, 3.63) is 35.1 Å². The van der Waals surface area contributed by atoms with E-state index < -0.39 is 0 Å². The van der Waals surface area contributed by atoms with Crippen LogP contribution in [0.4, 0.5) is 0 Å². The number of benzene rings is 1. The van der Waals surface area contributed by atoms with Crippen molar-refractivity contribution >= 4 is 11.0 Å². The molecule has 0 spiro atoms. The van der Waals surface area contributed by atoms with Crippen LogP contribution in [0.25, 0.3) is 11.0 Å². The lowest BCUT2D eigenvalue weighted by molar-refractivity contribution is 0.517. The molecule has 2 heteroatoms. The summed E-state index contributed by atoms with van der Waals surface area (Å²) in [6.45, 7) is 11.6. The van der Waals surface area contributed by atoms with E-state index in [-0.39, 0.29) is 5.41 Å². The number of para-hydroxylation sites is 1. The molecule has 19 heavy (non-hydrogen) atoms. The molecule has 0 aliphatic heterocycles. The fourth-order valence-electron chi connectivity index (χ4n) is 2.61. The summed E-state index contributed by atoms with van der Waals surface area (Å²) in [5.74, 6) is 1.55. The van der Waals surface area contributed by atoms with Gasteiger partial charge in [-0.05, 0) is 17.8 Å². The maximum atomic E-state index is 6.08. The van der Waals surface area contributed by atoms with Crippen molar-refractivity contribution in [1.29, 1.82) is 0 Å². The molecule has 0 bridgehead atoms. The Bertz CT molecular complexity index is 573. The Morgan fingerprint density at radius 2 is 1.89 bits per heavy atom. The van der Waals surface area contributed by atoms with E-state index in [0.29, 0.717) is 12.5 Å². The van der Waals surface area contributed by atoms with Gasteiger partial charge in [0.1, 0.15) is 11.3 Å². The first kappa shape index (κ1) is 14.1. The van der Waals surface area contributed by atoms with E-state index in [4.69, 9.17) is 10.2 Å². The van der Waals surface area contributed by atoms with E-state index in [1.165, 1.54) is 16.5 Å². The molecule has 2 rings (SSSR count). The van der Waals surface area contributed by atoms with Gasteiger partial charge in [0.15, 0.2) is 0 Å². The Balaban J connectivity index is 2.69. The van der Waals surface area contributed by atoms with Gasteiger partial charge >= 0.3 is 0 Å². The Morgan fingerprint density at radius 3 is 2.42 bits per heavy atom. The maximum absolute atomic E-state index is 6.08. The third-order valence-corrected chi connectivity index (χ3v) is 3.51. The number of nitrogens with two attached hydrogens (primary N) is 1. The molecule has 0 radical (unpaired) electrons. The van der Waals surface area contributed by atoms with Crippen LogP contribution in [0.3, 0.4) is 0 Å². The van der Waals surface area contributed by atoms with E-state index in [1.807, 2.05) is 0 Å². The smallest absolute Gasteiger partial charge is 0.138 e. The second-order valence-corrected chi connectivity index (χ2v) is 6.74. The minimum atomic E-state index is 0.0817. The summed E-state index contributed by atoms with van der Waals surface area (Å²) in [7, 11) is 0. The fourth-order valence-corrected chi connectivity index (χ4v) is 2.61. The largest absolute Gasteiger partial charge is 0.459 e. The molecule has 1 heterocycles. The van der Waals surface area contributed by atoms with Gasteiger partial charge in [-0.3, -0.25) is 0 Å². The summed E-state index contributed by atoms with van der Waals surface area (Å²) < 4.78 is 6.08. The number of furan rings is 1. The number of rotatable bonds is 3. The van der Waals surface area contributed by atoms with Gasteiger partial charge in [-0.25, -0.2) is 0 Å². The van der Waals surface area contributed by atoms with Crippen molar-refractivity contribution in [3.63, 3.8) is 0 Å². The Labute approximate surface area is 116 Å². The van der Waals surface area contributed by atoms with Crippen LogP contribution in [0, 0.1) is 5.92 Å². The third-order valence-electron chi connectivity index (χ3n) is 3.51. The molecule has 0 saturated carbocycles. The van der Waals surface area contributed by atoms with Crippen molar-refractivity contribution in [2.24, 2.45) is 11.7 Å². The lowest BCUT2D eigenvalue weighted by Crippen LogP contribution is -2.11. The monoisotopic (exact) mass is 259 g/mol. The zero-order valence-corrected chi connectivity index (χ0v) is 12.7. The molecule has 104 valence electrons. The second kappa shape index (κ2) is 5.01. The number of fused-ring (bicyclic) bond motifs is 1. The molecular formula is C17H25NO. The highest BCUT2D eigenvalue weighted by Gasteiger charge is 2.22. The van der Waals surface area contributed by atoms with Crippen LogP contribution in [-0.2, 0) is 18.4 Å². The highest BCUT2D eigenvalue weighted by molar-refractivity contribution is 5.86. The predicted octanol–water partition coefficient (Wildman–Crippen LogP) is 4.39. The lowest BCUT2D eigenvalue weighted by atomic mass is 9.85. The first-order chi connectivity index (χ1) is 8.84. The molecule has 0 saturated heterocycles. The molecule has 0 aliphatic carbocycles. The third kappa shape index (κ3) is 2.69. The maximum Gasteiger partial charge on any atom is 0.138 e. The minimum absolute atomic E-state index is 0.0817. The summed E-state index contributed by atoms with van der Waals surface area (Å²) in [6, 6.07) is 6.44. The van der Waals surface area contributed by atoms with Gasteiger partial charge in [0.25, 0.3) is 0 Å². The van der Waals surface area contributed by atoms with Gasteiger partial charge in [-0.15, -0.1) is 0 Å². The predicted molar refractivity (Wildman–Crippen MR) is 81.3 cm³/mol. The van der Waals surface area contributed by atoms with Crippen molar-refractivity contribution in [3.8, 4) is 0 Å². The standard InChI is InChI=1S/C17H25NO/c1-11(2)9-13-12-7-6-8-14(17(3,4)5)16(12)19-15(13)10-18/h6-8,11H,9-10,18H2,1-5H3. The molecule has 2 aromatic rings. The van der Waals surface area contributed by atoms with Crippen molar-refractivity contribution in [1.82, 2.24) is 0 Å². The Hall–Kier alpha value is -1.28. The van der Waals surface area contributed by atoms with Crippen molar-refractivity contribution in [2.45, 2.75) is 53.0 Å². The SMILES string of the molecule is CC(C)Cc1c(CN)oc2c(C(C)(C)C)cccc12. The number of hydrogen-bond donors (Lipinski definition) is 1. The van der Waals surface area contributed by atoms with Crippen molar-refractivity contribution < 1.29 is 4.42 Å². The van der Waals surface area contributed by atoms with Crippen LogP contribution in [0.1, 0.15) is 51.5 Å². The average Bonchev–Trinajstić information content (AvgIpc) is 2.65. The summed E-state index contributed by atoms with van der Waals surface area (Å²) in [6.07, 6.45) is 1.02. The Morgan fingerprint density at radius 1 is 1.21 bits per heavy atom. The molecular weight excluding hydrogens is 234 g/mol.